The average molecular weight is 505 g/mol. The van der Waals surface area contributed by atoms with Crippen LogP contribution in [0.4, 0.5) is 4.39 Å². The van der Waals surface area contributed by atoms with Gasteiger partial charge in [-0.1, -0.05) is 47.3 Å². The van der Waals surface area contributed by atoms with E-state index in [9.17, 15) is 14.0 Å². The number of benzene rings is 1. The van der Waals surface area contributed by atoms with Crippen LogP contribution in [0.3, 0.4) is 0 Å². The van der Waals surface area contributed by atoms with Crippen molar-refractivity contribution in [2.75, 3.05) is 31.9 Å². The van der Waals surface area contributed by atoms with Crippen molar-refractivity contribution < 1.29 is 14.0 Å². The first-order valence-electron chi connectivity index (χ1n) is 11.5. The normalized spacial score (nSPS) is 18.0. The highest BCUT2D eigenvalue weighted by molar-refractivity contribution is 8.14. The van der Waals surface area contributed by atoms with Crippen LogP contribution < -0.4 is 0 Å². The molecule has 6 rings (SSSR count). The fourth-order valence-electron chi connectivity index (χ4n) is 4.51. The van der Waals surface area contributed by atoms with Gasteiger partial charge in [0.2, 0.25) is 0 Å². The number of amides is 1. The van der Waals surface area contributed by atoms with Crippen LogP contribution in [-0.2, 0) is 4.79 Å². The molecule has 1 saturated heterocycles. The minimum Gasteiger partial charge on any atom is -0.357 e. The van der Waals surface area contributed by atoms with E-state index in [-0.39, 0.29) is 28.3 Å². The predicted molar refractivity (Wildman–Crippen MR) is 133 cm³/mol. The van der Waals surface area contributed by atoms with Gasteiger partial charge in [0.25, 0.3) is 11.7 Å². The summed E-state index contributed by atoms with van der Waals surface area (Å²) in [6.45, 7) is 1.93. The van der Waals surface area contributed by atoms with Crippen LogP contribution in [0, 0.1) is 5.82 Å². The van der Waals surface area contributed by atoms with Crippen LogP contribution in [0.5, 0.6) is 0 Å². The summed E-state index contributed by atoms with van der Waals surface area (Å²) in [5.74, 6) is -0.944. The number of fused-ring (bicyclic) bond motifs is 1. The maximum atomic E-state index is 14.7. The van der Waals surface area contributed by atoms with E-state index in [1.165, 1.54) is 27.5 Å². The van der Waals surface area contributed by atoms with Gasteiger partial charge >= 0.3 is 0 Å². The molecule has 12 heteroatoms. The van der Waals surface area contributed by atoms with Crippen LogP contribution in [0.1, 0.15) is 22.0 Å². The molecule has 0 saturated carbocycles. The highest BCUT2D eigenvalue weighted by atomic mass is 32.2. The number of piperazine rings is 1. The third-order valence-electron chi connectivity index (χ3n) is 6.38. The van der Waals surface area contributed by atoms with Gasteiger partial charge in [-0.05, 0) is 5.56 Å². The Morgan fingerprint density at radius 3 is 2.67 bits per heavy atom. The number of aromatic amines is 1. The molecule has 2 aliphatic rings. The van der Waals surface area contributed by atoms with Gasteiger partial charge in [-0.25, -0.2) is 14.1 Å². The lowest BCUT2D eigenvalue weighted by Gasteiger charge is -2.35. The summed E-state index contributed by atoms with van der Waals surface area (Å²) in [7, 11) is 0. The minimum absolute atomic E-state index is 0.0103. The Balaban J connectivity index is 1.16. The number of aromatic nitrogens is 5. The summed E-state index contributed by atoms with van der Waals surface area (Å²) in [5, 5.41) is 8.59. The number of carbonyl (C=O) groups excluding carboxylic acids is 2. The Kier molecular flexibility index (Phi) is 5.72. The second-order valence-electron chi connectivity index (χ2n) is 8.49. The molecular weight excluding hydrogens is 483 g/mol. The molecule has 1 aromatic carbocycles. The van der Waals surface area contributed by atoms with Crippen molar-refractivity contribution in [3.63, 3.8) is 0 Å². The van der Waals surface area contributed by atoms with Gasteiger partial charge in [0.05, 0.1) is 41.1 Å². The smallest absolute Gasteiger partial charge is 0.295 e. The molecule has 0 spiro atoms. The van der Waals surface area contributed by atoms with Crippen molar-refractivity contribution in [2.24, 2.45) is 4.99 Å². The Morgan fingerprint density at radius 1 is 1.11 bits per heavy atom. The summed E-state index contributed by atoms with van der Waals surface area (Å²) in [4.78, 5) is 41.7. The summed E-state index contributed by atoms with van der Waals surface area (Å²) >= 11 is 1.71. The number of carbonyl (C=O) groups is 2. The van der Waals surface area contributed by atoms with E-state index in [4.69, 9.17) is 4.99 Å². The summed E-state index contributed by atoms with van der Waals surface area (Å²) in [5.41, 5.74) is 1.43. The molecule has 0 radical (unpaired) electrons. The van der Waals surface area contributed by atoms with E-state index in [1.807, 2.05) is 18.2 Å². The van der Waals surface area contributed by atoms with Gasteiger partial charge in [0, 0.05) is 38.1 Å². The molecule has 0 bridgehead atoms. The van der Waals surface area contributed by atoms with Gasteiger partial charge < -0.3 is 14.8 Å². The lowest BCUT2D eigenvalue weighted by Crippen LogP contribution is -2.51. The summed E-state index contributed by atoms with van der Waals surface area (Å²) in [6, 6.07) is 10.3. The third kappa shape index (κ3) is 3.92. The van der Waals surface area contributed by atoms with Gasteiger partial charge in [0.1, 0.15) is 0 Å². The molecule has 5 heterocycles. The van der Waals surface area contributed by atoms with Crippen molar-refractivity contribution >= 4 is 39.5 Å². The molecule has 2 aliphatic heterocycles. The molecule has 1 amide bonds. The molecule has 36 heavy (non-hydrogen) atoms. The van der Waals surface area contributed by atoms with Gasteiger partial charge in [-0.3, -0.25) is 14.6 Å². The molecule has 1 N–H and O–H groups in total. The first-order valence-corrected chi connectivity index (χ1v) is 12.4. The van der Waals surface area contributed by atoms with E-state index >= 15 is 0 Å². The van der Waals surface area contributed by atoms with E-state index in [0.717, 1.165) is 17.1 Å². The minimum atomic E-state index is -0.763. The topological polar surface area (TPSA) is 112 Å². The first-order chi connectivity index (χ1) is 17.6. The Morgan fingerprint density at radius 2 is 1.92 bits per heavy atom. The third-order valence-corrected chi connectivity index (χ3v) is 7.48. The molecule has 1 fully saturated rings. The predicted octanol–water partition coefficient (Wildman–Crippen LogP) is 2.45. The highest BCUT2D eigenvalue weighted by Crippen LogP contribution is 2.32. The lowest BCUT2D eigenvalue weighted by atomic mass is 10.1. The Labute approximate surface area is 209 Å². The van der Waals surface area contributed by atoms with Gasteiger partial charge in [-0.2, -0.15) is 0 Å². The number of rotatable bonds is 4. The van der Waals surface area contributed by atoms with Crippen LogP contribution in [0.2, 0.25) is 0 Å². The highest BCUT2D eigenvalue weighted by Gasteiger charge is 2.32. The van der Waals surface area contributed by atoms with Crippen molar-refractivity contribution in [3.05, 3.63) is 72.1 Å². The van der Waals surface area contributed by atoms with Gasteiger partial charge in [0.15, 0.2) is 16.8 Å². The number of hydrogen-bond donors (Lipinski definition) is 1. The molecule has 3 aromatic heterocycles. The van der Waals surface area contributed by atoms with Crippen molar-refractivity contribution in [1.82, 2.24) is 34.8 Å². The number of nitrogens with zero attached hydrogens (tertiary/aromatic N) is 7. The standard InChI is InChI=1S/C24H21FN8O2S/c25-17-13-27-22(33-7-6-28-30-33)20-19(17)16(12-26-20)21(34)23(35)31-8-10-32(11-9-31)24-29-18(14-36-24)15-4-2-1-3-5-15/h1-7,12-13,18,26H,8-11,14H2. The number of hydrogen-bond acceptors (Lipinski definition) is 8. The molecule has 0 aliphatic carbocycles. The second-order valence-corrected chi connectivity index (χ2v) is 9.47. The summed E-state index contributed by atoms with van der Waals surface area (Å²) < 4.78 is 16.1. The lowest BCUT2D eigenvalue weighted by molar-refractivity contribution is -0.127. The van der Waals surface area contributed by atoms with Crippen LogP contribution in [0.15, 0.2) is 60.1 Å². The van der Waals surface area contributed by atoms with E-state index in [2.05, 4.69) is 37.3 Å². The number of amidine groups is 1. The second kappa shape index (κ2) is 9.19. The first kappa shape index (κ1) is 22.4. The van der Waals surface area contributed by atoms with Crippen LogP contribution in [-0.4, -0.2) is 83.6 Å². The maximum Gasteiger partial charge on any atom is 0.295 e. The molecule has 10 nitrogen and oxygen atoms in total. The average Bonchev–Trinajstić information content (AvgIpc) is 3.70. The number of nitrogens with one attached hydrogen (secondary N) is 1. The molecule has 4 aromatic rings. The molecule has 1 atom stereocenters. The van der Waals surface area contributed by atoms with Gasteiger partial charge in [-0.15, -0.1) is 5.10 Å². The van der Waals surface area contributed by atoms with Crippen LogP contribution in [0.25, 0.3) is 16.7 Å². The summed E-state index contributed by atoms with van der Waals surface area (Å²) in [6.07, 6.45) is 5.38. The van der Waals surface area contributed by atoms with Crippen molar-refractivity contribution in [3.8, 4) is 5.82 Å². The number of thioether (sulfide) groups is 1. The SMILES string of the molecule is O=C(C(=O)N1CCN(C2=NC(c3ccccc3)CS2)CC1)c1c[nH]c2c(-n3ccnn3)ncc(F)c12. The number of halogens is 1. The van der Waals surface area contributed by atoms with Crippen molar-refractivity contribution in [2.45, 2.75) is 6.04 Å². The molecule has 182 valence electrons. The van der Waals surface area contributed by atoms with E-state index < -0.39 is 17.5 Å². The van der Waals surface area contributed by atoms with Crippen molar-refractivity contribution in [1.29, 1.82) is 0 Å². The number of ketones is 1. The quantitative estimate of drug-likeness (QED) is 0.336. The zero-order chi connectivity index (χ0) is 24.6. The number of pyridine rings is 1. The van der Waals surface area contributed by atoms with Crippen LogP contribution >= 0.6 is 11.8 Å². The fraction of sp³-hybridized carbons (Fsp3) is 0.250. The monoisotopic (exact) mass is 504 g/mol. The number of aliphatic imine (C=N–C) groups is 1. The maximum absolute atomic E-state index is 14.7. The molecular formula is C24H21FN8O2S. The largest absolute Gasteiger partial charge is 0.357 e. The zero-order valence-corrected chi connectivity index (χ0v) is 19.9. The van der Waals surface area contributed by atoms with E-state index in [1.54, 1.807) is 18.0 Å². The zero-order valence-electron chi connectivity index (χ0n) is 19.0. The Hall–Kier alpha value is -4.06. The van der Waals surface area contributed by atoms with E-state index in [0.29, 0.717) is 26.2 Å². The fourth-order valence-corrected chi connectivity index (χ4v) is 5.65. The number of H-pyrrole nitrogens is 1. The molecule has 1 unspecified atom stereocenters. The Bertz CT molecular complexity index is 1460. The number of Topliss-reactive ketones (excluding diaryl/α,β-unsaturated/α-hetero) is 1.